The number of nitrogens with one attached hydrogen (secondary N) is 1. The van der Waals surface area contributed by atoms with Crippen LogP contribution in [0.5, 0.6) is 5.75 Å². The van der Waals surface area contributed by atoms with Crippen molar-refractivity contribution in [3.63, 3.8) is 0 Å². The summed E-state index contributed by atoms with van der Waals surface area (Å²) >= 11 is 0. The summed E-state index contributed by atoms with van der Waals surface area (Å²) in [6.07, 6.45) is 2.11. The highest BCUT2D eigenvalue weighted by Crippen LogP contribution is 2.32. The maximum atomic E-state index is 12.8. The Hall–Kier alpha value is -3.41. The molecule has 0 aliphatic carbocycles. The molecule has 6 heteroatoms. The van der Waals surface area contributed by atoms with E-state index in [-0.39, 0.29) is 5.91 Å². The number of carbonyl (C=O) groups is 1. The average Bonchev–Trinajstić information content (AvgIpc) is 2.76. The standard InChI is InChI=1S/C23H24N4O2/c1-16-25-19(23(28)24-15-18-9-4-6-12-21(18)29-2)14-22(26-16)27-13-7-10-17-8-3-5-11-20(17)27/h3-6,8-9,11-12,14H,7,10,13,15H2,1-2H3,(H,24,28). The third kappa shape index (κ3) is 4.06. The maximum Gasteiger partial charge on any atom is 0.270 e. The molecule has 0 spiro atoms. The van der Waals surface area contributed by atoms with Crippen LogP contribution in [-0.4, -0.2) is 29.5 Å². The summed E-state index contributed by atoms with van der Waals surface area (Å²) in [5, 5.41) is 2.94. The lowest BCUT2D eigenvalue weighted by molar-refractivity contribution is 0.0945. The Bertz CT molecular complexity index is 1030. The Morgan fingerprint density at radius 1 is 1.14 bits per heavy atom. The first kappa shape index (κ1) is 18.9. The van der Waals surface area contributed by atoms with Gasteiger partial charge in [-0.2, -0.15) is 0 Å². The van der Waals surface area contributed by atoms with Crippen LogP contribution in [-0.2, 0) is 13.0 Å². The molecule has 1 N–H and O–H groups in total. The molecule has 1 amide bonds. The number of nitrogens with zero attached hydrogens (tertiary/aromatic N) is 3. The van der Waals surface area contributed by atoms with Gasteiger partial charge in [-0.05, 0) is 37.5 Å². The number of para-hydroxylation sites is 2. The molecule has 0 atom stereocenters. The fourth-order valence-electron chi connectivity index (χ4n) is 3.69. The second-order valence-electron chi connectivity index (χ2n) is 7.04. The SMILES string of the molecule is COc1ccccc1CNC(=O)c1cc(N2CCCc3ccccc32)nc(C)n1. The first-order chi connectivity index (χ1) is 14.2. The number of rotatable bonds is 5. The van der Waals surface area contributed by atoms with Crippen LogP contribution in [0.1, 0.15) is 33.9 Å². The summed E-state index contributed by atoms with van der Waals surface area (Å²) in [6.45, 7) is 3.06. The molecule has 0 radical (unpaired) electrons. The summed E-state index contributed by atoms with van der Waals surface area (Å²) in [5.74, 6) is 1.85. The third-order valence-corrected chi connectivity index (χ3v) is 5.08. The molecule has 0 fully saturated rings. The van der Waals surface area contributed by atoms with E-state index in [2.05, 4.69) is 38.4 Å². The number of fused-ring (bicyclic) bond motifs is 1. The van der Waals surface area contributed by atoms with Crippen LogP contribution in [0.4, 0.5) is 11.5 Å². The Balaban J connectivity index is 1.57. The highest BCUT2D eigenvalue weighted by molar-refractivity contribution is 5.93. The van der Waals surface area contributed by atoms with Crippen LogP contribution < -0.4 is 15.0 Å². The van der Waals surface area contributed by atoms with Crippen molar-refractivity contribution in [3.05, 3.63) is 77.2 Å². The van der Waals surface area contributed by atoms with Gasteiger partial charge in [0.1, 0.15) is 23.1 Å². The van der Waals surface area contributed by atoms with Gasteiger partial charge in [0.15, 0.2) is 0 Å². The number of benzene rings is 2. The van der Waals surface area contributed by atoms with Crippen LogP contribution in [0.2, 0.25) is 0 Å². The summed E-state index contributed by atoms with van der Waals surface area (Å²) < 4.78 is 5.35. The van der Waals surface area contributed by atoms with Gasteiger partial charge in [-0.3, -0.25) is 4.79 Å². The van der Waals surface area contributed by atoms with E-state index >= 15 is 0 Å². The molecule has 29 heavy (non-hydrogen) atoms. The van der Waals surface area contributed by atoms with Gasteiger partial charge in [0.2, 0.25) is 0 Å². The molecule has 0 saturated heterocycles. The Morgan fingerprint density at radius 3 is 2.79 bits per heavy atom. The van der Waals surface area contributed by atoms with Crippen LogP contribution in [0.15, 0.2) is 54.6 Å². The van der Waals surface area contributed by atoms with Crippen molar-refractivity contribution < 1.29 is 9.53 Å². The molecule has 6 nitrogen and oxygen atoms in total. The molecule has 3 aromatic rings. The van der Waals surface area contributed by atoms with Crippen molar-refractivity contribution in [2.45, 2.75) is 26.3 Å². The number of carbonyl (C=O) groups excluding carboxylic acids is 1. The normalized spacial score (nSPS) is 13.0. The van der Waals surface area contributed by atoms with E-state index in [9.17, 15) is 4.79 Å². The summed E-state index contributed by atoms with van der Waals surface area (Å²) in [5.41, 5.74) is 3.74. The number of methoxy groups -OCH3 is 1. The second kappa shape index (κ2) is 8.31. The van der Waals surface area contributed by atoms with E-state index in [1.165, 1.54) is 5.56 Å². The zero-order chi connectivity index (χ0) is 20.2. The number of aromatic nitrogens is 2. The molecule has 4 rings (SSSR count). The molecule has 2 aromatic carbocycles. The molecular weight excluding hydrogens is 364 g/mol. The minimum Gasteiger partial charge on any atom is -0.496 e. The van der Waals surface area contributed by atoms with Gasteiger partial charge >= 0.3 is 0 Å². The Kier molecular flexibility index (Phi) is 5.42. The van der Waals surface area contributed by atoms with E-state index in [0.717, 1.165) is 42.2 Å². The molecule has 0 unspecified atom stereocenters. The van der Waals surface area contributed by atoms with E-state index in [4.69, 9.17) is 4.74 Å². The van der Waals surface area contributed by atoms with Crippen LogP contribution in [0.25, 0.3) is 0 Å². The van der Waals surface area contributed by atoms with Gasteiger partial charge in [-0.1, -0.05) is 36.4 Å². The van der Waals surface area contributed by atoms with Gasteiger partial charge in [0.05, 0.1) is 7.11 Å². The highest BCUT2D eigenvalue weighted by atomic mass is 16.5. The van der Waals surface area contributed by atoms with Crippen molar-refractivity contribution >= 4 is 17.4 Å². The minimum absolute atomic E-state index is 0.229. The van der Waals surface area contributed by atoms with Gasteiger partial charge in [-0.25, -0.2) is 9.97 Å². The molecule has 0 saturated carbocycles. The quantitative estimate of drug-likeness (QED) is 0.720. The van der Waals surface area contributed by atoms with Gasteiger partial charge < -0.3 is 15.0 Å². The lowest BCUT2D eigenvalue weighted by Crippen LogP contribution is -2.28. The number of amides is 1. The summed E-state index contributed by atoms with van der Waals surface area (Å²) in [4.78, 5) is 23.9. The Labute approximate surface area is 170 Å². The van der Waals surface area contributed by atoms with Crippen molar-refractivity contribution in [2.24, 2.45) is 0 Å². The number of hydrogen-bond acceptors (Lipinski definition) is 5. The van der Waals surface area contributed by atoms with Gasteiger partial charge in [0, 0.05) is 30.4 Å². The van der Waals surface area contributed by atoms with Gasteiger partial charge in [0.25, 0.3) is 5.91 Å². The molecule has 0 bridgehead atoms. The number of hydrogen-bond donors (Lipinski definition) is 1. The zero-order valence-electron chi connectivity index (χ0n) is 16.7. The number of aryl methyl sites for hydroxylation is 2. The predicted octanol–water partition coefficient (Wildman–Crippen LogP) is 3.81. The lowest BCUT2D eigenvalue weighted by atomic mass is 10.0. The van der Waals surface area contributed by atoms with Gasteiger partial charge in [-0.15, -0.1) is 0 Å². The van der Waals surface area contributed by atoms with Crippen LogP contribution >= 0.6 is 0 Å². The maximum absolute atomic E-state index is 12.8. The molecule has 1 aliphatic rings. The predicted molar refractivity (Wildman–Crippen MR) is 113 cm³/mol. The molecule has 1 aliphatic heterocycles. The third-order valence-electron chi connectivity index (χ3n) is 5.08. The van der Waals surface area contributed by atoms with Crippen molar-refractivity contribution in [1.82, 2.24) is 15.3 Å². The van der Waals surface area contributed by atoms with Crippen LogP contribution in [0, 0.1) is 6.92 Å². The molecule has 148 valence electrons. The topological polar surface area (TPSA) is 67.3 Å². The van der Waals surface area contributed by atoms with Crippen molar-refractivity contribution in [3.8, 4) is 5.75 Å². The van der Waals surface area contributed by atoms with E-state index < -0.39 is 0 Å². The average molecular weight is 388 g/mol. The lowest BCUT2D eigenvalue weighted by Gasteiger charge is -2.30. The van der Waals surface area contributed by atoms with E-state index in [1.807, 2.05) is 37.3 Å². The largest absolute Gasteiger partial charge is 0.496 e. The fourth-order valence-corrected chi connectivity index (χ4v) is 3.69. The molecular formula is C23H24N4O2. The minimum atomic E-state index is -0.229. The van der Waals surface area contributed by atoms with Crippen molar-refractivity contribution in [1.29, 1.82) is 0 Å². The monoisotopic (exact) mass is 388 g/mol. The molecule has 1 aromatic heterocycles. The van der Waals surface area contributed by atoms with E-state index in [1.54, 1.807) is 13.2 Å². The first-order valence-electron chi connectivity index (χ1n) is 9.77. The smallest absolute Gasteiger partial charge is 0.270 e. The summed E-state index contributed by atoms with van der Waals surface area (Å²) in [6, 6.07) is 17.8. The Morgan fingerprint density at radius 2 is 1.93 bits per heavy atom. The number of anilines is 2. The van der Waals surface area contributed by atoms with Crippen LogP contribution in [0.3, 0.4) is 0 Å². The fraction of sp³-hybridized carbons (Fsp3) is 0.261. The highest BCUT2D eigenvalue weighted by Gasteiger charge is 2.21. The first-order valence-corrected chi connectivity index (χ1v) is 9.77. The zero-order valence-corrected chi connectivity index (χ0v) is 16.7. The number of ether oxygens (including phenoxy) is 1. The second-order valence-corrected chi connectivity index (χ2v) is 7.04. The van der Waals surface area contributed by atoms with Crippen molar-refractivity contribution in [2.75, 3.05) is 18.6 Å². The van der Waals surface area contributed by atoms with E-state index in [0.29, 0.717) is 18.1 Å². The molecule has 2 heterocycles. The summed E-state index contributed by atoms with van der Waals surface area (Å²) in [7, 11) is 1.62.